The first-order chi connectivity index (χ1) is 10.4. The third-order valence-electron chi connectivity index (χ3n) is 3.51. The summed E-state index contributed by atoms with van der Waals surface area (Å²) in [5, 5.41) is 12.4. The largest absolute Gasteiger partial charge is 0.384 e. The molecular formula is C17H19N5. The van der Waals surface area contributed by atoms with Gasteiger partial charge in [0, 0.05) is 11.0 Å². The highest BCUT2D eigenvalue weighted by Gasteiger charge is 2.22. The Labute approximate surface area is 129 Å². The molecule has 0 saturated heterocycles. The Balaban J connectivity index is 2.34. The Morgan fingerprint density at radius 3 is 2.36 bits per heavy atom. The number of nitrogens with zero attached hydrogens (tertiary/aromatic N) is 3. The molecule has 0 aliphatic carbocycles. The van der Waals surface area contributed by atoms with Crippen LogP contribution in [0.25, 0.3) is 16.9 Å². The topological polar surface area (TPSA) is 80.1 Å². The molecule has 3 rings (SSSR count). The molecule has 3 N–H and O–H groups in total. The van der Waals surface area contributed by atoms with Crippen LogP contribution in [0.15, 0.2) is 42.5 Å². The van der Waals surface area contributed by atoms with E-state index < -0.39 is 0 Å². The van der Waals surface area contributed by atoms with E-state index >= 15 is 0 Å². The Kier molecular flexibility index (Phi) is 3.20. The van der Waals surface area contributed by atoms with Gasteiger partial charge in [-0.1, -0.05) is 51.1 Å². The zero-order chi connectivity index (χ0) is 15.9. The molecule has 0 fully saturated rings. The molecule has 2 aromatic heterocycles. The monoisotopic (exact) mass is 293 g/mol. The molecule has 5 heteroatoms. The Hall–Kier alpha value is -2.69. The summed E-state index contributed by atoms with van der Waals surface area (Å²) in [6, 6.07) is 13.8. The summed E-state index contributed by atoms with van der Waals surface area (Å²) in [5.74, 6) is 0.732. The van der Waals surface area contributed by atoms with Crippen molar-refractivity contribution >= 4 is 11.5 Å². The first-order valence-electron chi connectivity index (χ1n) is 7.18. The second-order valence-electron chi connectivity index (χ2n) is 6.33. The van der Waals surface area contributed by atoms with Crippen molar-refractivity contribution in [1.29, 1.82) is 5.41 Å². The summed E-state index contributed by atoms with van der Waals surface area (Å²) in [7, 11) is 0. The molecule has 0 aliphatic heterocycles. The molecule has 22 heavy (non-hydrogen) atoms. The molecule has 2 heterocycles. The third kappa shape index (κ3) is 2.35. The third-order valence-corrected chi connectivity index (χ3v) is 3.51. The van der Waals surface area contributed by atoms with E-state index in [0.717, 1.165) is 17.1 Å². The number of hydrogen-bond donors (Lipinski definition) is 2. The van der Waals surface area contributed by atoms with Gasteiger partial charge in [0.25, 0.3) is 0 Å². The van der Waals surface area contributed by atoms with Gasteiger partial charge in [-0.25, -0.2) is 9.50 Å². The lowest BCUT2D eigenvalue weighted by Crippen LogP contribution is -2.13. The number of nitrogen functional groups attached to an aromatic ring is 1. The smallest absolute Gasteiger partial charge is 0.167 e. The van der Waals surface area contributed by atoms with Crippen molar-refractivity contribution in [2.75, 3.05) is 0 Å². The maximum atomic E-state index is 7.75. The molecule has 0 amide bonds. The van der Waals surface area contributed by atoms with E-state index in [4.69, 9.17) is 11.1 Å². The minimum Gasteiger partial charge on any atom is -0.384 e. The van der Waals surface area contributed by atoms with Crippen molar-refractivity contribution < 1.29 is 0 Å². The zero-order valence-electron chi connectivity index (χ0n) is 13.0. The van der Waals surface area contributed by atoms with Crippen molar-refractivity contribution in [1.82, 2.24) is 14.6 Å². The van der Waals surface area contributed by atoms with E-state index in [9.17, 15) is 0 Å². The summed E-state index contributed by atoms with van der Waals surface area (Å²) in [4.78, 5) is 4.62. The van der Waals surface area contributed by atoms with E-state index in [-0.39, 0.29) is 11.3 Å². The van der Waals surface area contributed by atoms with Crippen molar-refractivity contribution in [3.63, 3.8) is 0 Å². The van der Waals surface area contributed by atoms with Crippen LogP contribution in [0.5, 0.6) is 0 Å². The van der Waals surface area contributed by atoms with Gasteiger partial charge in [-0.2, -0.15) is 5.10 Å². The number of fused-ring (bicyclic) bond motifs is 1. The van der Waals surface area contributed by atoms with Gasteiger partial charge in [0.2, 0.25) is 0 Å². The van der Waals surface area contributed by atoms with Crippen molar-refractivity contribution in [3.8, 4) is 11.3 Å². The number of aromatic nitrogens is 3. The van der Waals surface area contributed by atoms with Gasteiger partial charge >= 0.3 is 0 Å². The summed E-state index contributed by atoms with van der Waals surface area (Å²) in [6.07, 6.45) is 0. The van der Waals surface area contributed by atoms with Crippen molar-refractivity contribution in [2.24, 2.45) is 5.73 Å². The lowest BCUT2D eigenvalue weighted by atomic mass is 9.96. The van der Waals surface area contributed by atoms with Gasteiger partial charge in [0.15, 0.2) is 11.5 Å². The predicted molar refractivity (Wildman–Crippen MR) is 88.1 cm³/mol. The molecule has 0 bridgehead atoms. The average Bonchev–Trinajstić information content (AvgIpc) is 2.92. The number of benzene rings is 1. The van der Waals surface area contributed by atoms with Gasteiger partial charge in [-0.15, -0.1) is 0 Å². The van der Waals surface area contributed by atoms with Crippen LogP contribution in [0.3, 0.4) is 0 Å². The Morgan fingerprint density at radius 2 is 1.77 bits per heavy atom. The molecule has 0 saturated carbocycles. The molecule has 0 spiro atoms. The number of hydrogen-bond acceptors (Lipinski definition) is 3. The van der Waals surface area contributed by atoms with Gasteiger partial charge in [-0.3, -0.25) is 5.41 Å². The van der Waals surface area contributed by atoms with E-state index in [0.29, 0.717) is 11.2 Å². The molecule has 3 aromatic rings. The number of amidine groups is 1. The van der Waals surface area contributed by atoms with Crippen molar-refractivity contribution in [3.05, 3.63) is 53.9 Å². The van der Waals surface area contributed by atoms with Crippen LogP contribution < -0.4 is 5.73 Å². The highest BCUT2D eigenvalue weighted by Crippen LogP contribution is 2.25. The minimum absolute atomic E-state index is 0.00234. The molecule has 5 nitrogen and oxygen atoms in total. The summed E-state index contributed by atoms with van der Waals surface area (Å²) < 4.78 is 1.78. The lowest BCUT2D eigenvalue weighted by Gasteiger charge is -2.12. The molecule has 0 atom stereocenters. The number of rotatable bonds is 2. The standard InChI is InChI=1S/C17H19N5/c1-17(2,3)16-20-15-12(14(18)19)9-10-13(22(15)21-16)11-7-5-4-6-8-11/h4-10H,1-3H3,(H3,18,19). The predicted octanol–water partition coefficient (Wildman–Crippen LogP) is 2.98. The first-order valence-corrected chi connectivity index (χ1v) is 7.18. The van der Waals surface area contributed by atoms with Gasteiger partial charge in [-0.05, 0) is 12.1 Å². The summed E-state index contributed by atoms with van der Waals surface area (Å²) >= 11 is 0. The molecule has 1 aromatic carbocycles. The van der Waals surface area contributed by atoms with Crippen molar-refractivity contribution in [2.45, 2.75) is 26.2 Å². The maximum Gasteiger partial charge on any atom is 0.167 e. The van der Waals surface area contributed by atoms with Crippen LogP contribution in [-0.2, 0) is 5.41 Å². The fraction of sp³-hybridized carbons (Fsp3) is 0.235. The molecule has 0 radical (unpaired) electrons. The zero-order valence-corrected chi connectivity index (χ0v) is 13.0. The van der Waals surface area contributed by atoms with Gasteiger partial charge < -0.3 is 5.73 Å². The van der Waals surface area contributed by atoms with Crippen LogP contribution in [-0.4, -0.2) is 20.4 Å². The van der Waals surface area contributed by atoms with Gasteiger partial charge in [0.05, 0.1) is 11.3 Å². The highest BCUT2D eigenvalue weighted by atomic mass is 15.3. The number of nitrogens with two attached hydrogens (primary N) is 1. The van der Waals surface area contributed by atoms with Crippen LogP contribution >= 0.6 is 0 Å². The van der Waals surface area contributed by atoms with E-state index in [1.165, 1.54) is 0 Å². The minimum atomic E-state index is -0.173. The normalized spacial score (nSPS) is 11.8. The average molecular weight is 293 g/mol. The van der Waals surface area contributed by atoms with Crippen LogP contribution in [0.2, 0.25) is 0 Å². The SMILES string of the molecule is CC(C)(C)c1nc2c(C(=N)N)ccc(-c3ccccc3)n2n1. The summed E-state index contributed by atoms with van der Waals surface area (Å²) in [6.45, 7) is 6.20. The maximum absolute atomic E-state index is 7.75. The van der Waals surface area contributed by atoms with E-state index in [1.54, 1.807) is 4.52 Å². The molecule has 0 aliphatic rings. The number of nitrogens with one attached hydrogen (secondary N) is 1. The Bertz CT molecular complexity index is 841. The fourth-order valence-electron chi connectivity index (χ4n) is 2.32. The number of pyridine rings is 1. The molecule has 112 valence electrons. The molecule has 0 unspecified atom stereocenters. The van der Waals surface area contributed by atoms with E-state index in [1.807, 2.05) is 42.5 Å². The first kappa shape index (κ1) is 14.3. The summed E-state index contributed by atoms with van der Waals surface area (Å²) in [5.41, 5.74) is 8.72. The van der Waals surface area contributed by atoms with Crippen LogP contribution in [0.4, 0.5) is 0 Å². The second kappa shape index (κ2) is 4.94. The van der Waals surface area contributed by atoms with Gasteiger partial charge in [0.1, 0.15) is 5.84 Å². The lowest BCUT2D eigenvalue weighted by molar-refractivity contribution is 0.545. The fourth-order valence-corrected chi connectivity index (χ4v) is 2.32. The molecular weight excluding hydrogens is 274 g/mol. The highest BCUT2D eigenvalue weighted by molar-refractivity contribution is 6.00. The second-order valence-corrected chi connectivity index (χ2v) is 6.33. The van der Waals surface area contributed by atoms with E-state index in [2.05, 4.69) is 30.9 Å². The van der Waals surface area contributed by atoms with Crippen LogP contribution in [0.1, 0.15) is 32.2 Å². The quantitative estimate of drug-likeness (QED) is 0.563. The Morgan fingerprint density at radius 1 is 1.09 bits per heavy atom. The van der Waals surface area contributed by atoms with Crippen LogP contribution in [0, 0.1) is 5.41 Å².